The zero-order valence-electron chi connectivity index (χ0n) is 7.19. The lowest BCUT2D eigenvalue weighted by atomic mass is 10.3. The Morgan fingerprint density at radius 3 is 2.79 bits per heavy atom. The van der Waals surface area contributed by atoms with Gasteiger partial charge in [0.2, 0.25) is 0 Å². The van der Waals surface area contributed by atoms with Crippen LogP contribution in [-0.4, -0.2) is 16.9 Å². The Kier molecular flexibility index (Phi) is 2.41. The maximum Gasteiger partial charge on any atom is 0.141 e. The van der Waals surface area contributed by atoms with Crippen molar-refractivity contribution in [2.24, 2.45) is 0 Å². The summed E-state index contributed by atoms with van der Waals surface area (Å²) >= 11 is 5.61. The minimum atomic E-state index is -0.469. The number of rotatable bonds is 1. The van der Waals surface area contributed by atoms with Crippen molar-refractivity contribution in [1.29, 1.82) is 0 Å². The molecule has 0 atom stereocenters. The van der Waals surface area contributed by atoms with Crippen molar-refractivity contribution in [3.05, 3.63) is 41.3 Å². The van der Waals surface area contributed by atoms with Crippen LogP contribution < -0.4 is 5.01 Å². The van der Waals surface area contributed by atoms with E-state index in [-0.39, 0.29) is 5.02 Å². The maximum atomic E-state index is 12.8. The molecule has 0 fully saturated rings. The quantitative estimate of drug-likeness (QED) is 0.778. The Bertz CT molecular complexity index is 383. The van der Waals surface area contributed by atoms with Gasteiger partial charge in [0.1, 0.15) is 5.82 Å². The monoisotopic (exact) mass is 214 g/mol. The van der Waals surface area contributed by atoms with Crippen LogP contribution in [0.5, 0.6) is 0 Å². The summed E-state index contributed by atoms with van der Waals surface area (Å²) in [4.78, 5) is 0. The lowest BCUT2D eigenvalue weighted by Crippen LogP contribution is -2.31. The fourth-order valence-electron chi connectivity index (χ4n) is 1.25. The molecule has 1 heterocycles. The first-order chi connectivity index (χ1) is 6.68. The summed E-state index contributed by atoms with van der Waals surface area (Å²) in [5, 5.41) is 11.9. The number of hydrazine groups is 1. The summed E-state index contributed by atoms with van der Waals surface area (Å²) in [6, 6.07) is 4.26. The predicted molar refractivity (Wildman–Crippen MR) is 51.5 cm³/mol. The molecule has 1 aliphatic heterocycles. The first-order valence-electron chi connectivity index (χ1n) is 4.06. The van der Waals surface area contributed by atoms with Gasteiger partial charge in [0.25, 0.3) is 0 Å². The normalized spacial score (nSPS) is 16.6. The van der Waals surface area contributed by atoms with E-state index in [9.17, 15) is 9.60 Å². The summed E-state index contributed by atoms with van der Waals surface area (Å²) in [6.07, 6.45) is 3.46. The van der Waals surface area contributed by atoms with Gasteiger partial charge in [-0.1, -0.05) is 16.8 Å². The second-order valence-corrected chi connectivity index (χ2v) is 3.29. The second kappa shape index (κ2) is 3.57. The van der Waals surface area contributed by atoms with Gasteiger partial charge >= 0.3 is 0 Å². The van der Waals surface area contributed by atoms with Crippen LogP contribution in [0.25, 0.3) is 0 Å². The van der Waals surface area contributed by atoms with Gasteiger partial charge in [-0.15, -0.1) is 0 Å². The number of halogens is 2. The number of anilines is 1. The Balaban J connectivity index is 2.32. The van der Waals surface area contributed by atoms with Crippen LogP contribution >= 0.6 is 11.6 Å². The van der Waals surface area contributed by atoms with Crippen molar-refractivity contribution in [3.63, 3.8) is 0 Å². The molecule has 0 unspecified atom stereocenters. The molecule has 3 nitrogen and oxygen atoms in total. The molecule has 1 aromatic rings. The number of hydroxylamine groups is 1. The first kappa shape index (κ1) is 9.45. The fraction of sp³-hybridized carbons (Fsp3) is 0.111. The molecule has 0 amide bonds. The zero-order chi connectivity index (χ0) is 10.1. The average Bonchev–Trinajstić information content (AvgIpc) is 2.57. The van der Waals surface area contributed by atoms with Gasteiger partial charge in [-0.05, 0) is 24.3 Å². The highest BCUT2D eigenvalue weighted by molar-refractivity contribution is 6.31. The summed E-state index contributed by atoms with van der Waals surface area (Å²) in [7, 11) is 0. The third-order valence-corrected chi connectivity index (χ3v) is 2.22. The van der Waals surface area contributed by atoms with Gasteiger partial charge in [-0.25, -0.2) is 4.39 Å². The van der Waals surface area contributed by atoms with Crippen molar-refractivity contribution in [3.8, 4) is 0 Å². The van der Waals surface area contributed by atoms with Gasteiger partial charge in [0, 0.05) is 6.20 Å². The van der Waals surface area contributed by atoms with E-state index in [1.807, 2.05) is 0 Å². The largest absolute Gasteiger partial charge is 0.294 e. The zero-order valence-corrected chi connectivity index (χ0v) is 7.95. The molecule has 1 aromatic carbocycles. The molecular weight excluding hydrogens is 207 g/mol. The van der Waals surface area contributed by atoms with E-state index >= 15 is 0 Å². The SMILES string of the molecule is ON1CC=CN1c1ccc(F)c(Cl)c1. The van der Waals surface area contributed by atoms with Crippen LogP contribution in [0.3, 0.4) is 0 Å². The van der Waals surface area contributed by atoms with E-state index in [2.05, 4.69) is 0 Å². The fourth-order valence-corrected chi connectivity index (χ4v) is 1.43. The van der Waals surface area contributed by atoms with Crippen LogP contribution in [0.2, 0.25) is 5.02 Å². The molecule has 0 bridgehead atoms. The molecule has 74 valence electrons. The summed E-state index contributed by atoms with van der Waals surface area (Å²) < 4.78 is 12.8. The van der Waals surface area contributed by atoms with E-state index < -0.39 is 5.82 Å². The molecule has 0 aromatic heterocycles. The lowest BCUT2D eigenvalue weighted by Gasteiger charge is -2.22. The Morgan fingerprint density at radius 1 is 1.43 bits per heavy atom. The van der Waals surface area contributed by atoms with Crippen LogP contribution in [0.1, 0.15) is 0 Å². The third kappa shape index (κ3) is 1.59. The standard InChI is InChI=1S/C9H8ClFN2O/c10-8-6-7(2-3-9(8)11)12-4-1-5-13(12)14/h1-4,6,14H,5H2. The number of hydrogen-bond acceptors (Lipinski definition) is 3. The lowest BCUT2D eigenvalue weighted by molar-refractivity contribution is -0.0750. The molecule has 0 saturated heterocycles. The van der Waals surface area contributed by atoms with Crippen molar-refractivity contribution in [2.75, 3.05) is 11.6 Å². The van der Waals surface area contributed by atoms with E-state index in [1.54, 1.807) is 18.3 Å². The van der Waals surface area contributed by atoms with E-state index in [0.717, 1.165) is 5.17 Å². The third-order valence-electron chi connectivity index (χ3n) is 1.93. The van der Waals surface area contributed by atoms with Crippen molar-refractivity contribution >= 4 is 17.3 Å². The Labute approximate surface area is 85.5 Å². The average molecular weight is 215 g/mol. The van der Waals surface area contributed by atoms with Crippen LogP contribution in [0, 0.1) is 5.82 Å². The summed E-state index contributed by atoms with van der Waals surface area (Å²) in [5.74, 6) is -0.469. The summed E-state index contributed by atoms with van der Waals surface area (Å²) in [5.41, 5.74) is 0.618. The smallest absolute Gasteiger partial charge is 0.141 e. The summed E-state index contributed by atoms with van der Waals surface area (Å²) in [6.45, 7) is 0.412. The van der Waals surface area contributed by atoms with E-state index in [4.69, 9.17) is 11.6 Å². The van der Waals surface area contributed by atoms with Crippen LogP contribution in [-0.2, 0) is 0 Å². The number of benzene rings is 1. The minimum Gasteiger partial charge on any atom is -0.294 e. The molecule has 0 spiro atoms. The number of hydrogen-bond donors (Lipinski definition) is 1. The van der Waals surface area contributed by atoms with Gasteiger partial charge < -0.3 is 0 Å². The van der Waals surface area contributed by atoms with E-state index in [1.165, 1.54) is 17.1 Å². The second-order valence-electron chi connectivity index (χ2n) is 2.88. The highest BCUT2D eigenvalue weighted by Crippen LogP contribution is 2.24. The predicted octanol–water partition coefficient (Wildman–Crippen LogP) is 2.42. The molecule has 0 radical (unpaired) electrons. The molecular formula is C9H8ClFN2O. The van der Waals surface area contributed by atoms with Gasteiger partial charge in [-0.3, -0.25) is 10.2 Å². The van der Waals surface area contributed by atoms with Gasteiger partial charge in [-0.2, -0.15) is 0 Å². The Morgan fingerprint density at radius 2 is 2.21 bits per heavy atom. The maximum absolute atomic E-state index is 12.8. The molecule has 5 heteroatoms. The molecule has 14 heavy (non-hydrogen) atoms. The topological polar surface area (TPSA) is 26.7 Å². The number of nitrogens with zero attached hydrogens (tertiary/aromatic N) is 2. The van der Waals surface area contributed by atoms with Gasteiger partial charge in [0.15, 0.2) is 0 Å². The molecule has 1 N–H and O–H groups in total. The molecule has 0 aliphatic carbocycles. The highest BCUT2D eigenvalue weighted by atomic mass is 35.5. The molecule has 0 saturated carbocycles. The first-order valence-corrected chi connectivity index (χ1v) is 4.43. The Hall–Kier alpha value is -1.10. The van der Waals surface area contributed by atoms with E-state index in [0.29, 0.717) is 12.2 Å². The van der Waals surface area contributed by atoms with Crippen LogP contribution in [0.4, 0.5) is 10.1 Å². The minimum absolute atomic E-state index is 0.0381. The molecule has 1 aliphatic rings. The van der Waals surface area contributed by atoms with Crippen molar-refractivity contribution < 1.29 is 9.60 Å². The van der Waals surface area contributed by atoms with Crippen molar-refractivity contribution in [2.45, 2.75) is 0 Å². The molecule has 2 rings (SSSR count). The van der Waals surface area contributed by atoms with Crippen molar-refractivity contribution in [1.82, 2.24) is 5.17 Å². The van der Waals surface area contributed by atoms with Crippen LogP contribution in [0.15, 0.2) is 30.5 Å². The van der Waals surface area contributed by atoms with Gasteiger partial charge in [0.05, 0.1) is 17.3 Å². The highest BCUT2D eigenvalue weighted by Gasteiger charge is 2.16.